The number of nitrogens with zero attached hydrogens (tertiary/aromatic N) is 1. The van der Waals surface area contributed by atoms with Gasteiger partial charge in [0.15, 0.2) is 0 Å². The van der Waals surface area contributed by atoms with Crippen molar-refractivity contribution >= 4 is 27.5 Å². The first-order valence-electron chi connectivity index (χ1n) is 4.31. The zero-order valence-corrected chi connectivity index (χ0v) is 10.2. The van der Waals surface area contributed by atoms with E-state index in [9.17, 15) is 9.90 Å². The summed E-state index contributed by atoms with van der Waals surface area (Å²) in [7, 11) is 0. The Bertz CT molecular complexity index is 598. The molecule has 0 fully saturated rings. The number of H-pyrrole nitrogens is 1. The van der Waals surface area contributed by atoms with Crippen molar-refractivity contribution in [2.75, 3.05) is 0 Å². The molecule has 1 heterocycles. The van der Waals surface area contributed by atoms with Crippen molar-refractivity contribution in [2.24, 2.45) is 0 Å². The van der Waals surface area contributed by atoms with Crippen LogP contribution in [0.4, 0.5) is 0 Å². The summed E-state index contributed by atoms with van der Waals surface area (Å²) in [4.78, 5) is 18.0. The molecule has 2 N–H and O–H groups in total. The number of rotatable bonds is 1. The fourth-order valence-corrected chi connectivity index (χ4v) is 1.56. The van der Waals surface area contributed by atoms with E-state index < -0.39 is 0 Å². The topological polar surface area (TPSA) is 66.0 Å². The normalized spacial score (nSPS) is 10.4. The van der Waals surface area contributed by atoms with E-state index in [1.54, 1.807) is 6.07 Å². The molecule has 0 amide bonds. The second kappa shape index (κ2) is 4.27. The molecule has 0 radical (unpaired) electrons. The molecular formula is C10H6BrClN2O2. The van der Waals surface area contributed by atoms with Crippen LogP contribution in [0.15, 0.2) is 33.7 Å². The fourth-order valence-electron chi connectivity index (χ4n) is 1.18. The van der Waals surface area contributed by atoms with Gasteiger partial charge in [0.2, 0.25) is 0 Å². The molecule has 0 aliphatic carbocycles. The molecule has 1 aromatic heterocycles. The van der Waals surface area contributed by atoms with E-state index in [0.717, 1.165) is 0 Å². The Balaban J connectivity index is 2.55. The number of aromatic nitrogens is 2. The lowest BCUT2D eigenvalue weighted by atomic mass is 10.2. The summed E-state index contributed by atoms with van der Waals surface area (Å²) in [5.41, 5.74) is 0.363. The first-order valence-corrected chi connectivity index (χ1v) is 5.49. The van der Waals surface area contributed by atoms with Gasteiger partial charge in [0.25, 0.3) is 5.56 Å². The summed E-state index contributed by atoms with van der Waals surface area (Å²) in [6, 6.07) is 4.59. The van der Waals surface area contributed by atoms with Gasteiger partial charge in [-0.2, -0.15) is 0 Å². The van der Waals surface area contributed by atoms with Gasteiger partial charge in [0.1, 0.15) is 16.0 Å². The maximum atomic E-state index is 11.3. The largest absolute Gasteiger partial charge is 0.506 e. The van der Waals surface area contributed by atoms with Crippen LogP contribution in [0.2, 0.25) is 5.02 Å². The van der Waals surface area contributed by atoms with Gasteiger partial charge in [-0.05, 0) is 34.1 Å². The quantitative estimate of drug-likeness (QED) is 0.850. The van der Waals surface area contributed by atoms with Gasteiger partial charge in [0.05, 0.1) is 5.02 Å². The van der Waals surface area contributed by atoms with E-state index in [0.29, 0.717) is 15.9 Å². The zero-order valence-electron chi connectivity index (χ0n) is 7.87. The van der Waals surface area contributed by atoms with E-state index >= 15 is 0 Å². The lowest BCUT2D eigenvalue weighted by Gasteiger charge is -2.02. The van der Waals surface area contributed by atoms with Crippen molar-refractivity contribution in [3.63, 3.8) is 0 Å². The summed E-state index contributed by atoms with van der Waals surface area (Å²) in [6.45, 7) is 0. The third-order valence-corrected chi connectivity index (χ3v) is 2.84. The van der Waals surface area contributed by atoms with E-state index in [2.05, 4.69) is 25.9 Å². The molecule has 0 saturated heterocycles. The molecule has 0 bridgehead atoms. The minimum Gasteiger partial charge on any atom is -0.506 e. The van der Waals surface area contributed by atoms with Crippen molar-refractivity contribution in [1.82, 2.24) is 9.97 Å². The van der Waals surface area contributed by atoms with Gasteiger partial charge < -0.3 is 10.1 Å². The standard InChI is InChI=1S/C10H6BrClN2O2/c11-6-4-13-9(14-10(6)16)5-1-2-8(15)7(12)3-5/h1-4,15H,(H,13,14,16). The monoisotopic (exact) mass is 300 g/mol. The molecule has 0 spiro atoms. The molecule has 0 aliphatic heterocycles. The Labute approximate surface area is 104 Å². The van der Waals surface area contributed by atoms with Crippen molar-refractivity contribution in [1.29, 1.82) is 0 Å². The predicted octanol–water partition coefficient (Wildman–Crippen LogP) is 2.56. The van der Waals surface area contributed by atoms with Crippen LogP contribution in [0.25, 0.3) is 11.4 Å². The van der Waals surface area contributed by atoms with Crippen molar-refractivity contribution < 1.29 is 5.11 Å². The molecule has 16 heavy (non-hydrogen) atoms. The fraction of sp³-hybridized carbons (Fsp3) is 0. The lowest BCUT2D eigenvalue weighted by Crippen LogP contribution is -2.08. The molecule has 4 nitrogen and oxygen atoms in total. The number of aromatic hydroxyl groups is 1. The van der Waals surface area contributed by atoms with Crippen molar-refractivity contribution in [2.45, 2.75) is 0 Å². The highest BCUT2D eigenvalue weighted by atomic mass is 79.9. The molecular weight excluding hydrogens is 295 g/mol. The number of phenolic OH excluding ortho intramolecular Hbond substituents is 1. The Kier molecular flexibility index (Phi) is 2.98. The molecule has 0 atom stereocenters. The van der Waals surface area contributed by atoms with Gasteiger partial charge in [-0.15, -0.1) is 0 Å². The molecule has 0 unspecified atom stereocenters. The minimum atomic E-state index is -0.269. The number of phenols is 1. The predicted molar refractivity (Wildman–Crippen MR) is 64.7 cm³/mol. The van der Waals surface area contributed by atoms with Crippen LogP contribution in [0, 0.1) is 0 Å². The average molecular weight is 302 g/mol. The van der Waals surface area contributed by atoms with Crippen LogP contribution in [0.5, 0.6) is 5.75 Å². The van der Waals surface area contributed by atoms with Gasteiger partial charge >= 0.3 is 0 Å². The molecule has 2 aromatic rings. The first-order chi connectivity index (χ1) is 7.58. The summed E-state index contributed by atoms with van der Waals surface area (Å²) >= 11 is 8.81. The van der Waals surface area contributed by atoms with E-state index in [1.165, 1.54) is 18.3 Å². The summed E-state index contributed by atoms with van der Waals surface area (Å²) in [5.74, 6) is 0.389. The molecule has 2 rings (SSSR count). The van der Waals surface area contributed by atoms with Crippen LogP contribution < -0.4 is 5.56 Å². The third-order valence-electron chi connectivity index (χ3n) is 1.98. The van der Waals surface area contributed by atoms with E-state index in [1.807, 2.05) is 0 Å². The Morgan fingerprint density at radius 2 is 2.19 bits per heavy atom. The second-order valence-electron chi connectivity index (χ2n) is 3.08. The van der Waals surface area contributed by atoms with Crippen LogP contribution in [0.1, 0.15) is 0 Å². The molecule has 0 saturated carbocycles. The van der Waals surface area contributed by atoms with Crippen LogP contribution >= 0.6 is 27.5 Å². The maximum Gasteiger partial charge on any atom is 0.265 e. The Hall–Kier alpha value is -1.33. The number of hydrogen-bond acceptors (Lipinski definition) is 3. The van der Waals surface area contributed by atoms with Crippen molar-refractivity contribution in [3.8, 4) is 17.1 Å². The van der Waals surface area contributed by atoms with E-state index in [-0.39, 0.29) is 16.3 Å². The Morgan fingerprint density at radius 1 is 1.44 bits per heavy atom. The number of aromatic amines is 1. The lowest BCUT2D eigenvalue weighted by molar-refractivity contribution is 0.475. The summed E-state index contributed by atoms with van der Waals surface area (Å²) < 4.78 is 0.362. The number of benzene rings is 1. The van der Waals surface area contributed by atoms with E-state index in [4.69, 9.17) is 11.6 Å². The Morgan fingerprint density at radius 3 is 2.81 bits per heavy atom. The second-order valence-corrected chi connectivity index (χ2v) is 4.34. The molecule has 6 heteroatoms. The van der Waals surface area contributed by atoms with Gasteiger partial charge in [-0.1, -0.05) is 11.6 Å². The number of hydrogen-bond donors (Lipinski definition) is 2. The number of nitrogens with one attached hydrogen (secondary N) is 1. The number of halogens is 2. The van der Waals surface area contributed by atoms with Crippen LogP contribution in [-0.4, -0.2) is 15.1 Å². The van der Waals surface area contributed by atoms with Gasteiger partial charge in [-0.25, -0.2) is 4.98 Å². The maximum absolute atomic E-state index is 11.3. The first kappa shape index (κ1) is 11.2. The van der Waals surface area contributed by atoms with Gasteiger partial charge in [-0.3, -0.25) is 4.79 Å². The smallest absolute Gasteiger partial charge is 0.265 e. The summed E-state index contributed by atoms with van der Waals surface area (Å²) in [6.07, 6.45) is 1.41. The summed E-state index contributed by atoms with van der Waals surface area (Å²) in [5, 5.41) is 9.47. The SMILES string of the molecule is O=c1[nH]c(-c2ccc(O)c(Cl)c2)ncc1Br. The molecule has 82 valence electrons. The average Bonchev–Trinajstić information content (AvgIpc) is 2.26. The van der Waals surface area contributed by atoms with Gasteiger partial charge in [0, 0.05) is 11.8 Å². The minimum absolute atomic E-state index is 0.00937. The molecule has 1 aromatic carbocycles. The van der Waals surface area contributed by atoms with Crippen molar-refractivity contribution in [3.05, 3.63) is 44.2 Å². The zero-order chi connectivity index (χ0) is 11.7. The highest BCUT2D eigenvalue weighted by Gasteiger charge is 2.05. The highest BCUT2D eigenvalue weighted by Crippen LogP contribution is 2.27. The molecule has 0 aliphatic rings. The van der Waals surface area contributed by atoms with Crippen LogP contribution in [-0.2, 0) is 0 Å². The third kappa shape index (κ3) is 2.10. The highest BCUT2D eigenvalue weighted by molar-refractivity contribution is 9.10. The van der Waals surface area contributed by atoms with Crippen LogP contribution in [0.3, 0.4) is 0 Å².